The Morgan fingerprint density at radius 3 is 1.54 bits per heavy atom. The number of hydrogen-bond acceptors (Lipinski definition) is 2. The lowest BCUT2D eigenvalue weighted by molar-refractivity contribution is 0.978. The predicted octanol–water partition coefficient (Wildman–Crippen LogP) is 14.4. The van der Waals surface area contributed by atoms with E-state index in [9.17, 15) is 0 Å². The van der Waals surface area contributed by atoms with E-state index < -0.39 is 0 Å². The second kappa shape index (κ2) is 14.6. The number of benzene rings is 9. The molecule has 11 rings (SSSR count). The molecule has 0 saturated heterocycles. The van der Waals surface area contributed by atoms with Crippen molar-refractivity contribution in [3.63, 3.8) is 0 Å². The van der Waals surface area contributed by atoms with E-state index in [0.717, 1.165) is 39.4 Å². The van der Waals surface area contributed by atoms with Crippen LogP contribution in [0.5, 0.6) is 0 Å². The fourth-order valence-corrected chi connectivity index (χ4v) is 8.72. The molecule has 1 unspecified atom stereocenters. The van der Waals surface area contributed by atoms with Gasteiger partial charge in [0.2, 0.25) is 0 Å². The van der Waals surface area contributed by atoms with Crippen molar-refractivity contribution in [3.8, 4) is 50.5 Å². The number of anilines is 1. The van der Waals surface area contributed by atoms with Crippen LogP contribution >= 0.6 is 0 Å². The maximum absolute atomic E-state index is 5.31. The highest BCUT2D eigenvalue weighted by atomic mass is 15.1. The zero-order valence-corrected chi connectivity index (χ0v) is 32.3. The average Bonchev–Trinajstić information content (AvgIpc) is 3.71. The summed E-state index contributed by atoms with van der Waals surface area (Å²) in [5, 5.41) is 6.46. The van der Waals surface area contributed by atoms with Crippen LogP contribution in [-0.4, -0.2) is 9.55 Å². The van der Waals surface area contributed by atoms with Crippen LogP contribution in [0.1, 0.15) is 22.7 Å². The quantitative estimate of drug-likeness (QED) is 0.176. The summed E-state index contributed by atoms with van der Waals surface area (Å²) >= 11 is 0. The standard InChI is InChI=1S/C56H39N3/c1-5-15-38(16-6-1)40-25-29-42(30-26-40)49-36-51-50(43-31-27-41(28-32-43)39-17-7-2-8-18-39)37-52(57-55(51)48-24-14-13-23-47(48)49)45-33-34-54-53(35-45)58-56(44-19-9-3-10-20-44)59(54)46-21-11-4-12-22-46/h1-37,52,57H. The molecule has 1 atom stereocenters. The van der Waals surface area contributed by atoms with Crippen LogP contribution in [0, 0.1) is 0 Å². The van der Waals surface area contributed by atoms with E-state index >= 15 is 0 Å². The first kappa shape index (κ1) is 34.5. The number of nitrogens with one attached hydrogen (secondary N) is 1. The summed E-state index contributed by atoms with van der Waals surface area (Å²) in [6.45, 7) is 0. The van der Waals surface area contributed by atoms with Gasteiger partial charge in [-0.1, -0.05) is 188 Å². The van der Waals surface area contributed by atoms with Gasteiger partial charge in [-0.25, -0.2) is 4.98 Å². The van der Waals surface area contributed by atoms with Crippen molar-refractivity contribution in [2.24, 2.45) is 0 Å². The Morgan fingerprint density at radius 2 is 0.915 bits per heavy atom. The van der Waals surface area contributed by atoms with Gasteiger partial charge in [0, 0.05) is 22.2 Å². The normalized spacial score (nSPS) is 13.5. The van der Waals surface area contributed by atoms with E-state index in [-0.39, 0.29) is 6.04 Å². The second-order valence-electron chi connectivity index (χ2n) is 15.2. The predicted molar refractivity (Wildman–Crippen MR) is 247 cm³/mol. The van der Waals surface area contributed by atoms with Gasteiger partial charge in [-0.05, 0) is 91.9 Å². The minimum atomic E-state index is -0.0998. The van der Waals surface area contributed by atoms with Gasteiger partial charge in [-0.3, -0.25) is 4.57 Å². The van der Waals surface area contributed by atoms with E-state index in [0.29, 0.717) is 0 Å². The summed E-state index contributed by atoms with van der Waals surface area (Å²) in [6, 6.07) is 78.1. The molecule has 0 saturated carbocycles. The molecular formula is C56H39N3. The first-order valence-electron chi connectivity index (χ1n) is 20.2. The number of fused-ring (bicyclic) bond motifs is 4. The van der Waals surface area contributed by atoms with Crippen molar-refractivity contribution < 1.29 is 0 Å². The van der Waals surface area contributed by atoms with Crippen molar-refractivity contribution in [1.29, 1.82) is 0 Å². The molecule has 3 heteroatoms. The van der Waals surface area contributed by atoms with Gasteiger partial charge < -0.3 is 5.32 Å². The molecule has 3 nitrogen and oxygen atoms in total. The Morgan fingerprint density at radius 1 is 0.407 bits per heavy atom. The molecule has 0 amide bonds. The Bertz CT molecular complexity index is 3130. The molecule has 0 fully saturated rings. The number of nitrogens with zero attached hydrogens (tertiary/aromatic N) is 2. The Kier molecular flexibility index (Phi) is 8.56. The van der Waals surface area contributed by atoms with Gasteiger partial charge in [0.1, 0.15) is 5.82 Å². The summed E-state index contributed by atoms with van der Waals surface area (Å²) in [7, 11) is 0. The van der Waals surface area contributed by atoms with Crippen LogP contribution in [0.15, 0.2) is 224 Å². The molecule has 1 aliphatic rings. The van der Waals surface area contributed by atoms with Crippen LogP contribution in [0.2, 0.25) is 0 Å². The number of hydrogen-bond donors (Lipinski definition) is 1. The van der Waals surface area contributed by atoms with E-state index in [1.54, 1.807) is 0 Å². The fourth-order valence-electron chi connectivity index (χ4n) is 8.72. The van der Waals surface area contributed by atoms with E-state index in [1.165, 1.54) is 60.9 Å². The summed E-state index contributed by atoms with van der Waals surface area (Å²) in [6.07, 6.45) is 2.41. The van der Waals surface area contributed by atoms with E-state index in [4.69, 9.17) is 4.98 Å². The Labute approximate surface area is 344 Å². The minimum Gasteiger partial charge on any atom is -0.374 e. The van der Waals surface area contributed by atoms with Crippen molar-refractivity contribution in [2.75, 3.05) is 5.32 Å². The highest BCUT2D eigenvalue weighted by Gasteiger charge is 2.26. The first-order valence-corrected chi connectivity index (χ1v) is 20.2. The molecular weight excluding hydrogens is 715 g/mol. The van der Waals surface area contributed by atoms with Crippen LogP contribution in [0.3, 0.4) is 0 Å². The van der Waals surface area contributed by atoms with Crippen LogP contribution < -0.4 is 5.32 Å². The molecule has 10 aromatic rings. The van der Waals surface area contributed by atoms with E-state index in [1.807, 2.05) is 0 Å². The molecule has 0 radical (unpaired) electrons. The summed E-state index contributed by atoms with van der Waals surface area (Å²) in [5.41, 5.74) is 17.3. The van der Waals surface area contributed by atoms with Gasteiger partial charge in [-0.2, -0.15) is 0 Å². The molecule has 0 bridgehead atoms. The van der Waals surface area contributed by atoms with Gasteiger partial charge in [-0.15, -0.1) is 0 Å². The molecule has 0 aliphatic carbocycles. The Hall–Kier alpha value is -7.75. The fraction of sp³-hybridized carbons (Fsp3) is 0.0179. The smallest absolute Gasteiger partial charge is 0.145 e. The zero-order valence-electron chi connectivity index (χ0n) is 32.3. The van der Waals surface area contributed by atoms with Gasteiger partial charge in [0.25, 0.3) is 0 Å². The Balaban J connectivity index is 1.07. The third-order valence-corrected chi connectivity index (χ3v) is 11.7. The SMILES string of the molecule is C1=C(c2ccc(-c3ccccc3)cc2)c2cc(-c3ccc(-c4ccccc4)cc3)c3ccccc3c2NC1c1ccc2c(c1)nc(-c1ccccc1)n2-c1ccccc1. The highest BCUT2D eigenvalue weighted by Crippen LogP contribution is 2.46. The topological polar surface area (TPSA) is 29.9 Å². The van der Waals surface area contributed by atoms with Crippen molar-refractivity contribution in [2.45, 2.75) is 6.04 Å². The molecule has 0 spiro atoms. The maximum Gasteiger partial charge on any atom is 0.145 e. The van der Waals surface area contributed by atoms with Gasteiger partial charge >= 0.3 is 0 Å². The maximum atomic E-state index is 5.31. The second-order valence-corrected chi connectivity index (χ2v) is 15.2. The summed E-state index contributed by atoms with van der Waals surface area (Å²) < 4.78 is 2.27. The highest BCUT2D eigenvalue weighted by molar-refractivity contribution is 6.10. The monoisotopic (exact) mass is 753 g/mol. The first-order chi connectivity index (χ1) is 29.2. The molecule has 1 aliphatic heterocycles. The lowest BCUT2D eigenvalue weighted by Gasteiger charge is -2.29. The molecule has 1 aromatic heterocycles. The molecule has 59 heavy (non-hydrogen) atoms. The molecule has 278 valence electrons. The molecule has 9 aromatic carbocycles. The third kappa shape index (κ3) is 6.30. The van der Waals surface area contributed by atoms with Gasteiger partial charge in [0.05, 0.1) is 22.8 Å². The van der Waals surface area contributed by atoms with Crippen LogP contribution in [-0.2, 0) is 0 Å². The minimum absolute atomic E-state index is 0.0998. The largest absolute Gasteiger partial charge is 0.374 e. The van der Waals surface area contributed by atoms with Gasteiger partial charge in [0.15, 0.2) is 0 Å². The number of aromatic nitrogens is 2. The third-order valence-electron chi connectivity index (χ3n) is 11.7. The van der Waals surface area contributed by atoms with Crippen LogP contribution in [0.25, 0.3) is 77.8 Å². The van der Waals surface area contributed by atoms with Crippen molar-refractivity contribution >= 4 is 33.1 Å². The number of para-hydroxylation sites is 1. The van der Waals surface area contributed by atoms with E-state index in [2.05, 4.69) is 234 Å². The van der Waals surface area contributed by atoms with Crippen LogP contribution in [0.4, 0.5) is 5.69 Å². The summed E-state index contributed by atoms with van der Waals surface area (Å²) in [4.78, 5) is 5.31. The van der Waals surface area contributed by atoms with Crippen molar-refractivity contribution in [1.82, 2.24) is 9.55 Å². The lowest BCUT2D eigenvalue weighted by Crippen LogP contribution is -2.16. The zero-order chi connectivity index (χ0) is 39.1. The number of rotatable bonds is 7. The summed E-state index contributed by atoms with van der Waals surface area (Å²) in [5.74, 6) is 0.927. The lowest BCUT2D eigenvalue weighted by atomic mass is 9.84. The molecule has 2 heterocycles. The number of imidazole rings is 1. The molecule has 1 N–H and O–H groups in total. The van der Waals surface area contributed by atoms with Crippen molar-refractivity contribution in [3.05, 3.63) is 241 Å². The average molecular weight is 754 g/mol.